The Hall–Kier alpha value is -1.92. The number of carbonyl (C=O) groups excluding carboxylic acids is 2. The molecule has 6 heteroatoms. The number of carbonyl (C=O) groups is 2. The Labute approximate surface area is 173 Å². The molecule has 158 valence electrons. The second kappa shape index (κ2) is 9.26. The summed E-state index contributed by atoms with van der Waals surface area (Å²) in [6, 6.07) is 10.4. The van der Waals surface area contributed by atoms with Gasteiger partial charge in [0.05, 0.1) is 19.1 Å². The predicted molar refractivity (Wildman–Crippen MR) is 111 cm³/mol. The molecule has 4 rings (SSSR count). The van der Waals surface area contributed by atoms with Crippen LogP contribution in [0.3, 0.4) is 0 Å². The van der Waals surface area contributed by atoms with Gasteiger partial charge in [-0.25, -0.2) is 0 Å². The van der Waals surface area contributed by atoms with Gasteiger partial charge >= 0.3 is 0 Å². The fourth-order valence-electron chi connectivity index (χ4n) is 4.93. The van der Waals surface area contributed by atoms with Crippen molar-refractivity contribution in [3.05, 3.63) is 35.9 Å². The summed E-state index contributed by atoms with van der Waals surface area (Å²) >= 11 is 0. The van der Waals surface area contributed by atoms with Crippen molar-refractivity contribution in [1.82, 2.24) is 15.1 Å². The molecule has 1 aromatic rings. The van der Waals surface area contributed by atoms with Crippen LogP contribution in [0, 0.1) is 5.41 Å². The summed E-state index contributed by atoms with van der Waals surface area (Å²) in [5.74, 6) is 0.494. The smallest absolute Gasteiger partial charge is 0.225 e. The first-order chi connectivity index (χ1) is 14.1. The zero-order valence-corrected chi connectivity index (χ0v) is 17.3. The van der Waals surface area contributed by atoms with Crippen LogP contribution in [0.4, 0.5) is 0 Å². The van der Waals surface area contributed by atoms with Crippen LogP contribution in [0.15, 0.2) is 30.3 Å². The van der Waals surface area contributed by atoms with Crippen LogP contribution in [0.25, 0.3) is 0 Å². The van der Waals surface area contributed by atoms with Gasteiger partial charge in [-0.2, -0.15) is 0 Å². The molecule has 2 amide bonds. The Morgan fingerprint density at radius 3 is 2.69 bits per heavy atom. The Morgan fingerprint density at radius 2 is 1.97 bits per heavy atom. The monoisotopic (exact) mass is 399 g/mol. The van der Waals surface area contributed by atoms with E-state index in [1.807, 2.05) is 11.0 Å². The van der Waals surface area contributed by atoms with E-state index in [1.54, 1.807) is 0 Å². The van der Waals surface area contributed by atoms with Gasteiger partial charge in [0.25, 0.3) is 0 Å². The second-order valence-corrected chi connectivity index (χ2v) is 8.83. The summed E-state index contributed by atoms with van der Waals surface area (Å²) in [6.07, 6.45) is 4.99. The van der Waals surface area contributed by atoms with E-state index < -0.39 is 0 Å². The van der Waals surface area contributed by atoms with E-state index in [4.69, 9.17) is 4.74 Å². The molecule has 29 heavy (non-hydrogen) atoms. The number of ether oxygens (including phenoxy) is 1. The molecule has 0 radical (unpaired) electrons. The number of nitrogens with zero attached hydrogens (tertiary/aromatic N) is 2. The normalized spacial score (nSPS) is 24.7. The minimum atomic E-state index is 0.00733. The van der Waals surface area contributed by atoms with Crippen LogP contribution in [-0.2, 0) is 20.7 Å². The number of morpholine rings is 1. The summed E-state index contributed by atoms with van der Waals surface area (Å²) in [5.41, 5.74) is 1.46. The first-order valence-electron chi connectivity index (χ1n) is 11.1. The number of piperidine rings is 2. The van der Waals surface area contributed by atoms with Gasteiger partial charge < -0.3 is 19.9 Å². The molecule has 1 spiro atoms. The average Bonchev–Trinajstić information content (AvgIpc) is 2.76. The average molecular weight is 400 g/mol. The van der Waals surface area contributed by atoms with E-state index in [2.05, 4.69) is 34.5 Å². The molecule has 1 unspecified atom stereocenters. The third kappa shape index (κ3) is 5.17. The van der Waals surface area contributed by atoms with Crippen LogP contribution >= 0.6 is 0 Å². The lowest BCUT2D eigenvalue weighted by Gasteiger charge is -2.47. The van der Waals surface area contributed by atoms with E-state index in [0.29, 0.717) is 19.4 Å². The van der Waals surface area contributed by atoms with Crippen molar-refractivity contribution in [2.24, 2.45) is 5.41 Å². The quantitative estimate of drug-likeness (QED) is 0.821. The van der Waals surface area contributed by atoms with Crippen LogP contribution in [-0.4, -0.2) is 73.6 Å². The fourth-order valence-corrected chi connectivity index (χ4v) is 4.93. The molecule has 0 saturated carbocycles. The molecule has 3 aliphatic heterocycles. The number of rotatable bonds is 5. The SMILES string of the molecule is O=C(CC1CNCCO1)N1CCC2(CCC(=O)N(CCc3ccccc3)C2)CC1. The maximum absolute atomic E-state index is 12.7. The van der Waals surface area contributed by atoms with Crippen molar-refractivity contribution in [3.63, 3.8) is 0 Å². The molecule has 3 saturated heterocycles. The van der Waals surface area contributed by atoms with Gasteiger partial charge in [-0.3, -0.25) is 9.59 Å². The number of benzene rings is 1. The van der Waals surface area contributed by atoms with Crippen molar-refractivity contribution >= 4 is 11.8 Å². The molecular formula is C23H33N3O3. The molecule has 1 atom stereocenters. The summed E-state index contributed by atoms with van der Waals surface area (Å²) in [6.45, 7) is 5.57. The van der Waals surface area contributed by atoms with Gasteiger partial charge in [0.1, 0.15) is 0 Å². The first-order valence-corrected chi connectivity index (χ1v) is 11.1. The maximum Gasteiger partial charge on any atom is 0.225 e. The number of amides is 2. The molecule has 3 heterocycles. The molecule has 0 aromatic heterocycles. The van der Waals surface area contributed by atoms with Gasteiger partial charge in [-0.1, -0.05) is 30.3 Å². The fraction of sp³-hybridized carbons (Fsp3) is 0.652. The van der Waals surface area contributed by atoms with Gasteiger partial charge in [0, 0.05) is 45.7 Å². The van der Waals surface area contributed by atoms with Gasteiger partial charge in [-0.05, 0) is 36.7 Å². The third-order valence-corrected chi connectivity index (χ3v) is 6.84. The molecule has 3 aliphatic rings. The minimum Gasteiger partial charge on any atom is -0.375 e. The van der Waals surface area contributed by atoms with Crippen molar-refractivity contribution < 1.29 is 14.3 Å². The molecule has 1 aromatic carbocycles. The number of likely N-dealkylation sites (tertiary alicyclic amines) is 2. The van der Waals surface area contributed by atoms with Crippen LogP contribution in [0.5, 0.6) is 0 Å². The Bertz CT molecular complexity index is 695. The van der Waals surface area contributed by atoms with Gasteiger partial charge in [0.2, 0.25) is 11.8 Å². The van der Waals surface area contributed by atoms with Crippen molar-refractivity contribution in [1.29, 1.82) is 0 Å². The van der Waals surface area contributed by atoms with Gasteiger partial charge in [-0.15, -0.1) is 0 Å². The highest BCUT2D eigenvalue weighted by Gasteiger charge is 2.41. The van der Waals surface area contributed by atoms with E-state index >= 15 is 0 Å². The zero-order chi connectivity index (χ0) is 20.1. The van der Waals surface area contributed by atoms with E-state index in [-0.39, 0.29) is 23.3 Å². The standard InChI is InChI=1S/C23H33N3O3/c27-21-6-8-23(18-26(21)12-7-19-4-2-1-3-5-19)9-13-25(14-10-23)22(28)16-20-17-24-11-15-29-20/h1-5,20,24H,6-18H2. The van der Waals surface area contributed by atoms with Crippen LogP contribution in [0.1, 0.15) is 37.7 Å². The number of hydrogen-bond donors (Lipinski definition) is 1. The third-order valence-electron chi connectivity index (χ3n) is 6.84. The first kappa shape index (κ1) is 20.4. The highest BCUT2D eigenvalue weighted by molar-refractivity contribution is 5.78. The summed E-state index contributed by atoms with van der Waals surface area (Å²) < 4.78 is 5.68. The molecule has 3 fully saturated rings. The largest absolute Gasteiger partial charge is 0.375 e. The number of hydrogen-bond acceptors (Lipinski definition) is 4. The summed E-state index contributed by atoms with van der Waals surface area (Å²) in [5, 5.41) is 3.29. The van der Waals surface area contributed by atoms with Crippen molar-refractivity contribution in [2.75, 3.05) is 45.9 Å². The molecule has 6 nitrogen and oxygen atoms in total. The lowest BCUT2D eigenvalue weighted by Crippen LogP contribution is -2.53. The minimum absolute atomic E-state index is 0.00733. The van der Waals surface area contributed by atoms with E-state index in [1.165, 1.54) is 5.56 Å². The van der Waals surface area contributed by atoms with E-state index in [9.17, 15) is 9.59 Å². The maximum atomic E-state index is 12.7. The molecule has 1 N–H and O–H groups in total. The molecule has 0 aliphatic carbocycles. The predicted octanol–water partition coefficient (Wildman–Crippen LogP) is 1.84. The highest BCUT2D eigenvalue weighted by Crippen LogP contribution is 2.40. The topological polar surface area (TPSA) is 61.9 Å². The summed E-state index contributed by atoms with van der Waals surface area (Å²) in [7, 11) is 0. The van der Waals surface area contributed by atoms with Crippen molar-refractivity contribution in [2.45, 2.75) is 44.6 Å². The molecular weight excluding hydrogens is 366 g/mol. The lowest BCUT2D eigenvalue weighted by molar-refractivity contribution is -0.143. The van der Waals surface area contributed by atoms with E-state index in [0.717, 1.165) is 65.0 Å². The Kier molecular flexibility index (Phi) is 6.50. The highest BCUT2D eigenvalue weighted by atomic mass is 16.5. The molecule has 0 bridgehead atoms. The number of nitrogens with one attached hydrogen (secondary N) is 1. The van der Waals surface area contributed by atoms with Crippen LogP contribution in [0.2, 0.25) is 0 Å². The second-order valence-electron chi connectivity index (χ2n) is 8.83. The Balaban J connectivity index is 1.27. The Morgan fingerprint density at radius 1 is 1.17 bits per heavy atom. The van der Waals surface area contributed by atoms with Gasteiger partial charge in [0.15, 0.2) is 0 Å². The van der Waals surface area contributed by atoms with Crippen molar-refractivity contribution in [3.8, 4) is 0 Å². The zero-order valence-electron chi connectivity index (χ0n) is 17.3. The lowest BCUT2D eigenvalue weighted by atomic mass is 9.72. The van der Waals surface area contributed by atoms with Crippen LogP contribution < -0.4 is 5.32 Å². The summed E-state index contributed by atoms with van der Waals surface area (Å²) in [4.78, 5) is 29.2.